The van der Waals surface area contributed by atoms with Gasteiger partial charge in [-0.15, -0.1) is 0 Å². The first-order valence-corrected chi connectivity index (χ1v) is 6.53. The van der Waals surface area contributed by atoms with Gasteiger partial charge >= 0.3 is 11.6 Å². The van der Waals surface area contributed by atoms with E-state index in [0.717, 1.165) is 19.5 Å². The van der Waals surface area contributed by atoms with Crippen LogP contribution in [0.4, 0.5) is 17.5 Å². The molecule has 0 unspecified atom stereocenters. The molecule has 0 aliphatic carbocycles. The van der Waals surface area contributed by atoms with Crippen molar-refractivity contribution < 1.29 is 9.66 Å². The fraction of sp³-hybridized carbons (Fsp3) is 0.667. The Morgan fingerprint density at radius 1 is 1.35 bits per heavy atom. The molecule has 1 saturated heterocycles. The summed E-state index contributed by atoms with van der Waals surface area (Å²) in [6, 6.07) is 0. The van der Waals surface area contributed by atoms with Gasteiger partial charge in [-0.3, -0.25) is 10.1 Å². The van der Waals surface area contributed by atoms with Gasteiger partial charge in [0.15, 0.2) is 0 Å². The van der Waals surface area contributed by atoms with Gasteiger partial charge in [-0.1, -0.05) is 13.8 Å². The highest BCUT2D eigenvalue weighted by Gasteiger charge is 2.29. The first kappa shape index (κ1) is 14.3. The van der Waals surface area contributed by atoms with Crippen molar-refractivity contribution in [2.45, 2.75) is 20.3 Å². The zero-order valence-corrected chi connectivity index (χ0v) is 11.9. The minimum atomic E-state index is -0.626. The van der Waals surface area contributed by atoms with Crippen LogP contribution in [0.1, 0.15) is 20.3 Å². The highest BCUT2D eigenvalue weighted by atomic mass is 16.6. The van der Waals surface area contributed by atoms with E-state index in [1.807, 2.05) is 4.90 Å². The van der Waals surface area contributed by atoms with E-state index in [4.69, 9.17) is 10.5 Å². The summed E-state index contributed by atoms with van der Waals surface area (Å²) in [5.41, 5.74) is 5.29. The van der Waals surface area contributed by atoms with Crippen molar-refractivity contribution in [2.24, 2.45) is 11.8 Å². The van der Waals surface area contributed by atoms with Gasteiger partial charge in [-0.25, -0.2) is 0 Å². The molecule has 0 saturated carbocycles. The number of ether oxygens (including phenoxy) is 1. The third-order valence-corrected chi connectivity index (χ3v) is 3.39. The van der Waals surface area contributed by atoms with Crippen LogP contribution in [0, 0.1) is 22.0 Å². The smallest absolute Gasteiger partial charge is 0.372 e. The molecule has 2 heterocycles. The second kappa shape index (κ2) is 5.48. The third-order valence-electron chi connectivity index (χ3n) is 3.39. The Labute approximate surface area is 117 Å². The molecule has 2 rings (SSSR count). The highest BCUT2D eigenvalue weighted by Crippen LogP contribution is 2.33. The minimum absolute atomic E-state index is 0.0941. The molecule has 1 aliphatic heterocycles. The number of nitrogens with two attached hydrogens (primary N) is 1. The number of hydrogen-bond donors (Lipinski definition) is 1. The topological polar surface area (TPSA) is 107 Å². The van der Waals surface area contributed by atoms with Crippen LogP contribution in [-0.4, -0.2) is 35.1 Å². The quantitative estimate of drug-likeness (QED) is 0.660. The van der Waals surface area contributed by atoms with E-state index in [1.165, 1.54) is 7.11 Å². The zero-order chi connectivity index (χ0) is 14.9. The molecule has 2 atom stereocenters. The van der Waals surface area contributed by atoms with Gasteiger partial charge in [-0.2, -0.15) is 9.97 Å². The van der Waals surface area contributed by atoms with Gasteiger partial charge in [-0.05, 0) is 18.3 Å². The molecule has 0 spiro atoms. The first-order valence-electron chi connectivity index (χ1n) is 6.53. The van der Waals surface area contributed by atoms with E-state index in [0.29, 0.717) is 17.8 Å². The number of nitrogen functional groups attached to an aromatic ring is 1. The van der Waals surface area contributed by atoms with E-state index in [1.54, 1.807) is 0 Å². The predicted molar refractivity (Wildman–Crippen MR) is 74.8 cm³/mol. The number of rotatable bonds is 3. The minimum Gasteiger partial charge on any atom is -0.476 e. The SMILES string of the molecule is COc1nc(N2C[C@H](C)C[C@@H](C)C2)nc(N)c1[N+](=O)[O-]. The summed E-state index contributed by atoms with van der Waals surface area (Å²) in [6.45, 7) is 5.94. The van der Waals surface area contributed by atoms with E-state index < -0.39 is 4.92 Å². The maximum Gasteiger partial charge on any atom is 0.372 e. The van der Waals surface area contributed by atoms with Crippen LogP contribution in [0.5, 0.6) is 5.88 Å². The maximum absolute atomic E-state index is 10.9. The largest absolute Gasteiger partial charge is 0.476 e. The van der Waals surface area contributed by atoms with E-state index in [-0.39, 0.29) is 17.4 Å². The molecule has 110 valence electrons. The van der Waals surface area contributed by atoms with Gasteiger partial charge in [0.2, 0.25) is 11.8 Å². The van der Waals surface area contributed by atoms with E-state index in [2.05, 4.69) is 23.8 Å². The fourth-order valence-electron chi connectivity index (χ4n) is 2.72. The van der Waals surface area contributed by atoms with Gasteiger partial charge in [0.25, 0.3) is 0 Å². The number of anilines is 2. The number of methoxy groups -OCH3 is 1. The van der Waals surface area contributed by atoms with Crippen LogP contribution >= 0.6 is 0 Å². The molecule has 20 heavy (non-hydrogen) atoms. The maximum atomic E-state index is 10.9. The van der Waals surface area contributed by atoms with Crippen LogP contribution in [0.3, 0.4) is 0 Å². The monoisotopic (exact) mass is 281 g/mol. The lowest BCUT2D eigenvalue weighted by Crippen LogP contribution is -2.39. The number of nitrogens with zero attached hydrogens (tertiary/aromatic N) is 4. The summed E-state index contributed by atoms with van der Waals surface area (Å²) in [7, 11) is 1.33. The van der Waals surface area contributed by atoms with Crippen molar-refractivity contribution in [3.63, 3.8) is 0 Å². The Morgan fingerprint density at radius 3 is 2.45 bits per heavy atom. The molecule has 1 aromatic heterocycles. The Balaban J connectivity index is 2.38. The summed E-state index contributed by atoms with van der Waals surface area (Å²) in [5, 5.41) is 10.9. The van der Waals surface area contributed by atoms with Gasteiger partial charge in [0.05, 0.1) is 12.0 Å². The molecule has 0 amide bonds. The van der Waals surface area contributed by atoms with Gasteiger partial charge in [0.1, 0.15) is 0 Å². The van der Waals surface area contributed by atoms with Crippen LogP contribution in [-0.2, 0) is 0 Å². The molecular formula is C12H19N5O3. The molecule has 1 aliphatic rings. The summed E-state index contributed by atoms with van der Waals surface area (Å²) >= 11 is 0. The molecule has 0 radical (unpaired) electrons. The van der Waals surface area contributed by atoms with Crippen molar-refractivity contribution in [2.75, 3.05) is 30.8 Å². The lowest BCUT2D eigenvalue weighted by Gasteiger charge is -2.35. The van der Waals surface area contributed by atoms with Crippen LogP contribution < -0.4 is 15.4 Å². The van der Waals surface area contributed by atoms with Crippen molar-refractivity contribution in [1.82, 2.24) is 9.97 Å². The van der Waals surface area contributed by atoms with E-state index in [9.17, 15) is 10.1 Å². The standard InChI is InChI=1S/C12H19N5O3/c1-7-4-8(2)6-16(5-7)12-14-10(13)9(17(18)19)11(15-12)20-3/h7-8H,4-6H2,1-3H3,(H2,13,14,15)/t7-,8-/m1/s1. The van der Waals surface area contributed by atoms with Gasteiger partial charge < -0.3 is 15.4 Å². The molecule has 0 bridgehead atoms. The number of hydrogen-bond acceptors (Lipinski definition) is 7. The Morgan fingerprint density at radius 2 is 1.95 bits per heavy atom. The second-order valence-corrected chi connectivity index (χ2v) is 5.37. The normalized spacial score (nSPS) is 22.6. The number of piperidine rings is 1. The molecule has 1 fully saturated rings. The lowest BCUT2D eigenvalue weighted by molar-refractivity contribution is -0.385. The van der Waals surface area contributed by atoms with Gasteiger partial charge in [0, 0.05) is 13.1 Å². The lowest BCUT2D eigenvalue weighted by atomic mass is 9.92. The summed E-state index contributed by atoms with van der Waals surface area (Å²) in [6.07, 6.45) is 1.15. The second-order valence-electron chi connectivity index (χ2n) is 5.37. The molecular weight excluding hydrogens is 262 g/mol. The van der Waals surface area contributed by atoms with Crippen LogP contribution in [0.25, 0.3) is 0 Å². The average Bonchev–Trinajstić information content (AvgIpc) is 2.35. The highest BCUT2D eigenvalue weighted by molar-refractivity contribution is 5.61. The number of aromatic nitrogens is 2. The molecule has 8 nitrogen and oxygen atoms in total. The summed E-state index contributed by atoms with van der Waals surface area (Å²) in [4.78, 5) is 20.5. The molecule has 0 aromatic carbocycles. The third kappa shape index (κ3) is 2.73. The molecule has 2 N–H and O–H groups in total. The zero-order valence-electron chi connectivity index (χ0n) is 11.9. The van der Waals surface area contributed by atoms with Crippen molar-refractivity contribution in [3.05, 3.63) is 10.1 Å². The van der Waals surface area contributed by atoms with E-state index >= 15 is 0 Å². The Kier molecular flexibility index (Phi) is 3.91. The average molecular weight is 281 g/mol. The van der Waals surface area contributed by atoms with Crippen LogP contribution in [0.15, 0.2) is 0 Å². The Bertz CT molecular complexity index is 512. The van der Waals surface area contributed by atoms with Crippen LogP contribution in [0.2, 0.25) is 0 Å². The Hall–Kier alpha value is -2.12. The fourth-order valence-corrected chi connectivity index (χ4v) is 2.72. The van der Waals surface area contributed by atoms with Crippen molar-refractivity contribution >= 4 is 17.5 Å². The summed E-state index contributed by atoms with van der Waals surface area (Å²) in [5.74, 6) is 1.17. The number of nitro groups is 1. The van der Waals surface area contributed by atoms with Crippen molar-refractivity contribution in [1.29, 1.82) is 0 Å². The molecule has 8 heteroatoms. The molecule has 1 aromatic rings. The predicted octanol–water partition coefficient (Wildman–Crippen LogP) is 1.46. The first-order chi connectivity index (χ1) is 9.42. The van der Waals surface area contributed by atoms with Crippen molar-refractivity contribution in [3.8, 4) is 5.88 Å². The summed E-state index contributed by atoms with van der Waals surface area (Å²) < 4.78 is 4.97.